The summed E-state index contributed by atoms with van der Waals surface area (Å²) in [6.45, 7) is 1.37. The molecule has 0 aliphatic carbocycles. The number of carbonyl (C=O) groups is 2. The molecule has 6 rings (SSSR count). The smallest absolute Gasteiger partial charge is 0.412 e. The number of nitriles is 1. The number of carbonyl (C=O) groups excluding carboxylic acids is 2. The van der Waals surface area contributed by atoms with Gasteiger partial charge >= 0.3 is 6.09 Å². The van der Waals surface area contributed by atoms with Gasteiger partial charge in [-0.1, -0.05) is 53.5 Å². The van der Waals surface area contributed by atoms with Crippen LogP contribution in [0.25, 0.3) is 0 Å². The second kappa shape index (κ2) is 14.2. The number of ether oxygens (including phenoxy) is 1. The molecule has 11 heteroatoms. The van der Waals surface area contributed by atoms with Crippen LogP contribution >= 0.6 is 23.2 Å². The van der Waals surface area contributed by atoms with Crippen molar-refractivity contribution in [3.05, 3.63) is 129 Å². The molecule has 1 saturated heterocycles. The largest absolute Gasteiger partial charge is 0.507 e. The minimum atomic E-state index is -0.954. The van der Waals surface area contributed by atoms with E-state index >= 15 is 0 Å². The molecule has 2 unspecified atom stereocenters. The van der Waals surface area contributed by atoms with Gasteiger partial charge in [0.25, 0.3) is 5.91 Å². The Bertz CT molecular complexity index is 1870. The van der Waals surface area contributed by atoms with Crippen molar-refractivity contribution in [3.8, 4) is 11.8 Å². The molecule has 2 aliphatic rings. The van der Waals surface area contributed by atoms with Crippen molar-refractivity contribution in [2.45, 2.75) is 43.2 Å². The Labute approximate surface area is 288 Å². The molecule has 8 nitrogen and oxygen atoms in total. The summed E-state index contributed by atoms with van der Waals surface area (Å²) in [6, 6.07) is 25.7. The van der Waals surface area contributed by atoms with Crippen LogP contribution < -0.4 is 10.6 Å². The number of hydrogen-bond acceptors (Lipinski definition) is 6. The highest BCUT2D eigenvalue weighted by molar-refractivity contribution is 6.42. The maximum absolute atomic E-state index is 14.4. The maximum atomic E-state index is 14.4. The van der Waals surface area contributed by atoms with Gasteiger partial charge in [-0.05, 0) is 78.6 Å². The minimum Gasteiger partial charge on any atom is -0.507 e. The molecule has 0 aromatic heterocycles. The average Bonchev–Trinajstić information content (AvgIpc) is 3.08. The molecule has 1 fully saturated rings. The predicted octanol–water partition coefficient (Wildman–Crippen LogP) is 7.78. The fraction of sp³-hybridized carbons (Fsp3) is 0.270. The molecule has 3 N–H and O–H groups in total. The van der Waals surface area contributed by atoms with Crippen LogP contribution in [0.3, 0.4) is 0 Å². The third-order valence-electron chi connectivity index (χ3n) is 9.30. The molecule has 4 aromatic carbocycles. The number of nitrogens with one attached hydrogen (secondary N) is 2. The minimum absolute atomic E-state index is 0.0545. The zero-order chi connectivity index (χ0) is 33.8. The van der Waals surface area contributed by atoms with Crippen LogP contribution in [0.5, 0.6) is 5.75 Å². The van der Waals surface area contributed by atoms with E-state index in [9.17, 15) is 24.3 Å². The van der Waals surface area contributed by atoms with Crippen molar-refractivity contribution in [2.24, 2.45) is 0 Å². The van der Waals surface area contributed by atoms with Crippen LogP contribution in [0.1, 0.15) is 57.8 Å². The fourth-order valence-electron chi connectivity index (χ4n) is 6.75. The summed E-state index contributed by atoms with van der Waals surface area (Å²) in [7, 11) is 0. The summed E-state index contributed by atoms with van der Waals surface area (Å²) in [5.74, 6) is -1.12. The van der Waals surface area contributed by atoms with E-state index in [4.69, 9.17) is 27.9 Å². The number of phenols is 1. The Morgan fingerprint density at radius 1 is 1.04 bits per heavy atom. The van der Waals surface area contributed by atoms with Gasteiger partial charge in [-0.3, -0.25) is 15.0 Å². The number of fused-ring (bicyclic) bond motifs is 2. The highest BCUT2D eigenvalue weighted by Crippen LogP contribution is 2.44. The molecule has 2 amide bonds. The molecule has 2 atom stereocenters. The van der Waals surface area contributed by atoms with E-state index in [1.807, 2.05) is 24.3 Å². The van der Waals surface area contributed by atoms with E-state index in [-0.39, 0.29) is 29.8 Å². The van der Waals surface area contributed by atoms with Gasteiger partial charge in [-0.2, -0.15) is 5.26 Å². The van der Waals surface area contributed by atoms with Gasteiger partial charge in [-0.15, -0.1) is 0 Å². The quantitative estimate of drug-likeness (QED) is 0.166. The Morgan fingerprint density at radius 3 is 2.50 bits per heavy atom. The van der Waals surface area contributed by atoms with Gasteiger partial charge < -0.3 is 15.2 Å². The SMILES string of the molecule is N#Cc1ccc(CC(CC(CNC(=O)c2ccccc2O)c2ccc(Cl)c(Cl)c2)N2CCC3(CC2)OC(=O)Nc2ccc(F)cc23)cc1. The number of likely N-dealkylation sites (tertiary alicyclic amines) is 1. The molecule has 0 radical (unpaired) electrons. The summed E-state index contributed by atoms with van der Waals surface area (Å²) >= 11 is 12.7. The zero-order valence-electron chi connectivity index (χ0n) is 25.9. The molecule has 1 spiro atoms. The molecule has 246 valence electrons. The lowest BCUT2D eigenvalue weighted by molar-refractivity contribution is -0.0470. The molecule has 0 bridgehead atoms. The van der Waals surface area contributed by atoms with E-state index in [1.54, 1.807) is 42.5 Å². The number of anilines is 1. The lowest BCUT2D eigenvalue weighted by Crippen LogP contribution is -2.51. The molecule has 2 aliphatic heterocycles. The Balaban J connectivity index is 1.29. The Morgan fingerprint density at radius 2 is 1.79 bits per heavy atom. The fourth-order valence-corrected chi connectivity index (χ4v) is 7.06. The van der Waals surface area contributed by atoms with E-state index in [2.05, 4.69) is 21.6 Å². The second-order valence-electron chi connectivity index (χ2n) is 12.2. The number of piperidine rings is 1. The Hall–Kier alpha value is -4.62. The first kappa shape index (κ1) is 33.3. The summed E-state index contributed by atoms with van der Waals surface area (Å²) in [6.07, 6.45) is 1.59. The summed E-state index contributed by atoms with van der Waals surface area (Å²) in [5, 5.41) is 26.1. The Kier molecular flexibility index (Phi) is 9.88. The molecular weight excluding hydrogens is 654 g/mol. The van der Waals surface area contributed by atoms with E-state index in [0.717, 1.165) is 11.1 Å². The lowest BCUT2D eigenvalue weighted by atomic mass is 9.80. The summed E-state index contributed by atoms with van der Waals surface area (Å²) in [4.78, 5) is 28.1. The number of nitrogens with zero attached hydrogens (tertiary/aromatic N) is 2. The third kappa shape index (κ3) is 7.26. The van der Waals surface area contributed by atoms with Gasteiger partial charge in [0, 0.05) is 50.0 Å². The zero-order valence-corrected chi connectivity index (χ0v) is 27.4. The monoisotopic (exact) mass is 686 g/mol. The standard InChI is InChI=1S/C37H33Cl2FN4O4/c38-31-11-9-25(19-32(31)39)26(22-42-35(46)29-3-1-2-4-34(29)45)18-28(17-23-5-7-24(21-41)8-6-23)44-15-13-37(14-16-44)30-20-27(40)10-12-33(30)43-36(47)48-37/h1-12,19-20,26,28,45H,13-18,22H2,(H,42,46)(H,43,47). The van der Waals surface area contributed by atoms with Crippen molar-refractivity contribution in [1.82, 2.24) is 10.2 Å². The van der Waals surface area contributed by atoms with Gasteiger partial charge in [0.1, 0.15) is 17.2 Å². The lowest BCUT2D eigenvalue weighted by Gasteiger charge is -2.46. The first-order chi connectivity index (χ1) is 23.1. The van der Waals surface area contributed by atoms with Crippen LogP contribution in [-0.4, -0.2) is 47.7 Å². The van der Waals surface area contributed by atoms with Crippen LogP contribution in [0.15, 0.2) is 84.9 Å². The topological polar surface area (TPSA) is 115 Å². The molecule has 48 heavy (non-hydrogen) atoms. The number of aromatic hydroxyl groups is 1. The van der Waals surface area contributed by atoms with Crippen molar-refractivity contribution in [2.75, 3.05) is 25.0 Å². The number of halogens is 3. The van der Waals surface area contributed by atoms with E-state index in [1.165, 1.54) is 18.2 Å². The van der Waals surface area contributed by atoms with E-state index < -0.39 is 23.4 Å². The highest BCUT2D eigenvalue weighted by atomic mass is 35.5. The van der Waals surface area contributed by atoms with Gasteiger partial charge in [-0.25, -0.2) is 9.18 Å². The van der Waals surface area contributed by atoms with Crippen molar-refractivity contribution >= 4 is 40.9 Å². The predicted molar refractivity (Wildman–Crippen MR) is 182 cm³/mol. The van der Waals surface area contributed by atoms with Crippen molar-refractivity contribution in [1.29, 1.82) is 5.26 Å². The van der Waals surface area contributed by atoms with Crippen molar-refractivity contribution < 1.29 is 23.8 Å². The number of para-hydroxylation sites is 1. The number of phenolic OH excluding ortho intramolecular Hbond substituents is 1. The average molecular weight is 688 g/mol. The van der Waals surface area contributed by atoms with E-state index in [0.29, 0.717) is 65.6 Å². The van der Waals surface area contributed by atoms with Crippen molar-refractivity contribution in [3.63, 3.8) is 0 Å². The highest BCUT2D eigenvalue weighted by Gasteiger charge is 2.45. The molecular formula is C37H33Cl2FN4O4. The first-order valence-electron chi connectivity index (χ1n) is 15.7. The number of benzene rings is 4. The van der Waals surface area contributed by atoms with Crippen LogP contribution in [-0.2, 0) is 16.8 Å². The van der Waals surface area contributed by atoms with Gasteiger partial charge in [0.15, 0.2) is 0 Å². The second-order valence-corrected chi connectivity index (χ2v) is 13.0. The molecule has 2 heterocycles. The molecule has 0 saturated carbocycles. The maximum Gasteiger partial charge on any atom is 0.412 e. The number of rotatable bonds is 9. The van der Waals surface area contributed by atoms with Crippen LogP contribution in [0.4, 0.5) is 14.9 Å². The summed E-state index contributed by atoms with van der Waals surface area (Å²) < 4.78 is 20.3. The molecule has 4 aromatic rings. The van der Waals surface area contributed by atoms with Crippen LogP contribution in [0.2, 0.25) is 10.0 Å². The number of hydrogen-bond donors (Lipinski definition) is 3. The van der Waals surface area contributed by atoms with Gasteiger partial charge in [0.2, 0.25) is 0 Å². The first-order valence-corrected chi connectivity index (χ1v) is 16.4. The summed E-state index contributed by atoms with van der Waals surface area (Å²) in [5.41, 5.74) is 2.89. The number of amides is 2. The third-order valence-corrected chi connectivity index (χ3v) is 10.0. The normalized spacial score (nSPS) is 16.6. The van der Waals surface area contributed by atoms with Crippen LogP contribution in [0, 0.1) is 17.1 Å². The van der Waals surface area contributed by atoms with Gasteiger partial charge in [0.05, 0.1) is 32.9 Å².